The first-order chi connectivity index (χ1) is 9.19. The highest BCUT2D eigenvalue weighted by atomic mass is 16.1. The molecule has 0 aliphatic heterocycles. The zero-order valence-electron chi connectivity index (χ0n) is 10.8. The number of ketones is 2. The predicted octanol–water partition coefficient (Wildman–Crippen LogP) is 2.61. The first-order valence-electron chi connectivity index (χ1n) is 6.50. The smallest absolute Gasteiger partial charge is 0.334 e. The molecule has 0 amide bonds. The topological polar surface area (TPSA) is 119 Å². The van der Waals surface area contributed by atoms with Crippen LogP contribution in [0.4, 0.5) is 0 Å². The Morgan fingerprint density at radius 1 is 1.00 bits per heavy atom. The average molecular weight is 263 g/mol. The van der Waals surface area contributed by atoms with Gasteiger partial charge in [0.1, 0.15) is 5.78 Å². The van der Waals surface area contributed by atoms with E-state index in [0.29, 0.717) is 25.0 Å². The van der Waals surface area contributed by atoms with Gasteiger partial charge >= 0.3 is 5.71 Å². The molecule has 1 atom stereocenters. The van der Waals surface area contributed by atoms with E-state index in [4.69, 9.17) is 11.1 Å². The molecule has 0 heterocycles. The zero-order chi connectivity index (χ0) is 14.1. The molecule has 7 nitrogen and oxygen atoms in total. The molecule has 0 radical (unpaired) electrons. The van der Waals surface area contributed by atoms with E-state index in [1.54, 1.807) is 0 Å². The van der Waals surface area contributed by atoms with Gasteiger partial charge in [0.2, 0.25) is 5.78 Å². The molecule has 2 aliphatic rings. The standard InChI is InChI=1S/C6H9N3O.C6H8N2O/c7-9-8-5-3-1-2-4-6(5)10;7-8-5-3-1-2-4-6(5)9/h5H,1-4H2;1-4H2. The maximum atomic E-state index is 10.9. The van der Waals surface area contributed by atoms with Gasteiger partial charge in [-0.3, -0.25) is 9.59 Å². The van der Waals surface area contributed by atoms with Crippen molar-refractivity contribution in [3.05, 3.63) is 16.0 Å². The van der Waals surface area contributed by atoms with Gasteiger partial charge in [0.05, 0.1) is 12.5 Å². The van der Waals surface area contributed by atoms with Gasteiger partial charge < -0.3 is 5.53 Å². The summed E-state index contributed by atoms with van der Waals surface area (Å²) in [6, 6.07) is -0.362. The van der Waals surface area contributed by atoms with Gasteiger partial charge in [0.15, 0.2) is 0 Å². The summed E-state index contributed by atoms with van der Waals surface area (Å²) in [5.74, 6) is 0.104. The van der Waals surface area contributed by atoms with E-state index < -0.39 is 0 Å². The molecule has 0 aromatic heterocycles. The summed E-state index contributed by atoms with van der Waals surface area (Å²) in [4.78, 5) is 27.2. The van der Waals surface area contributed by atoms with Gasteiger partial charge in [-0.15, -0.1) is 0 Å². The molecule has 0 spiro atoms. The Morgan fingerprint density at radius 2 is 1.68 bits per heavy atom. The summed E-state index contributed by atoms with van der Waals surface area (Å²) in [5.41, 5.74) is 16.6. The lowest BCUT2D eigenvalue weighted by Crippen LogP contribution is -2.21. The van der Waals surface area contributed by atoms with Crippen LogP contribution in [0, 0.1) is 0 Å². The van der Waals surface area contributed by atoms with Gasteiger partial charge in [0.25, 0.3) is 0 Å². The van der Waals surface area contributed by atoms with E-state index in [9.17, 15) is 9.59 Å². The third-order valence-corrected chi connectivity index (χ3v) is 3.22. The second kappa shape index (κ2) is 8.19. The molecule has 0 aromatic carbocycles. The Morgan fingerprint density at radius 3 is 2.21 bits per heavy atom. The lowest BCUT2D eigenvalue weighted by molar-refractivity contribution is -0.121. The first kappa shape index (κ1) is 15.1. The molecular formula is C12H17N5O2. The van der Waals surface area contributed by atoms with E-state index in [-0.39, 0.29) is 17.6 Å². The molecular weight excluding hydrogens is 246 g/mol. The second-order valence-electron chi connectivity index (χ2n) is 4.61. The van der Waals surface area contributed by atoms with Crippen molar-refractivity contribution in [3.8, 4) is 0 Å². The van der Waals surface area contributed by atoms with Crippen molar-refractivity contribution in [3.63, 3.8) is 0 Å². The SMILES string of the molecule is [N-]=[N+]=C1CCCCC1=O.[N-]=[N+]=NC1CCCCC1=O. The molecule has 0 aromatic rings. The lowest BCUT2D eigenvalue weighted by atomic mass is 9.95. The van der Waals surface area contributed by atoms with Gasteiger partial charge in [0, 0.05) is 17.8 Å². The molecule has 7 heteroatoms. The summed E-state index contributed by atoms with van der Waals surface area (Å²) >= 11 is 0. The molecule has 1 unspecified atom stereocenters. The van der Waals surface area contributed by atoms with Crippen LogP contribution in [-0.2, 0) is 9.59 Å². The quantitative estimate of drug-likeness (QED) is 0.410. The number of hydrogen-bond donors (Lipinski definition) is 0. The third kappa shape index (κ3) is 5.04. The summed E-state index contributed by atoms with van der Waals surface area (Å²) in [6.45, 7) is 0. The van der Waals surface area contributed by atoms with Gasteiger partial charge in [-0.1, -0.05) is 11.5 Å². The van der Waals surface area contributed by atoms with Crippen LogP contribution in [-0.4, -0.2) is 28.1 Å². The van der Waals surface area contributed by atoms with Crippen molar-refractivity contribution < 1.29 is 14.4 Å². The molecule has 0 saturated heterocycles. The number of nitrogens with zero attached hydrogens (tertiary/aromatic N) is 5. The minimum absolute atomic E-state index is 0.00347. The molecule has 102 valence electrons. The highest BCUT2D eigenvalue weighted by Crippen LogP contribution is 2.17. The second-order valence-corrected chi connectivity index (χ2v) is 4.61. The fourth-order valence-electron chi connectivity index (χ4n) is 2.12. The fraction of sp³-hybridized carbons (Fsp3) is 0.750. The molecule has 2 rings (SSSR count). The normalized spacial score (nSPS) is 22.7. The number of azide groups is 1. The predicted molar refractivity (Wildman–Crippen MR) is 68.5 cm³/mol. The fourth-order valence-corrected chi connectivity index (χ4v) is 2.12. The van der Waals surface area contributed by atoms with E-state index in [0.717, 1.165) is 32.1 Å². The van der Waals surface area contributed by atoms with Crippen molar-refractivity contribution in [2.24, 2.45) is 5.11 Å². The van der Waals surface area contributed by atoms with Crippen LogP contribution >= 0.6 is 0 Å². The molecule has 2 aliphatic carbocycles. The average Bonchev–Trinajstić information content (AvgIpc) is 2.43. The van der Waals surface area contributed by atoms with Crippen LogP contribution in [0.1, 0.15) is 51.4 Å². The minimum Gasteiger partial charge on any atom is -0.361 e. The molecule has 0 bridgehead atoms. The minimum atomic E-state index is -0.362. The monoisotopic (exact) mass is 263 g/mol. The van der Waals surface area contributed by atoms with Gasteiger partial charge in [-0.05, 0) is 31.2 Å². The number of Topliss-reactive ketones (excluding diaryl/α,β-unsaturated/α-hetero) is 2. The van der Waals surface area contributed by atoms with E-state index in [1.165, 1.54) is 0 Å². The summed E-state index contributed by atoms with van der Waals surface area (Å²) in [5, 5.41) is 3.40. The Hall–Kier alpha value is -1.97. The number of carbonyl (C=O) groups excluding carboxylic acids is 2. The third-order valence-electron chi connectivity index (χ3n) is 3.22. The van der Waals surface area contributed by atoms with Crippen LogP contribution in [0.2, 0.25) is 0 Å². The molecule has 19 heavy (non-hydrogen) atoms. The van der Waals surface area contributed by atoms with E-state index in [2.05, 4.69) is 14.8 Å². The van der Waals surface area contributed by atoms with Crippen molar-refractivity contribution in [2.75, 3.05) is 0 Å². The maximum Gasteiger partial charge on any atom is 0.334 e. The highest BCUT2D eigenvalue weighted by molar-refractivity contribution is 6.37. The Labute approximate surface area is 111 Å². The first-order valence-corrected chi connectivity index (χ1v) is 6.50. The summed E-state index contributed by atoms with van der Waals surface area (Å²) < 4.78 is 0. The van der Waals surface area contributed by atoms with Crippen LogP contribution in [0.3, 0.4) is 0 Å². The van der Waals surface area contributed by atoms with Gasteiger partial charge in [-0.2, -0.15) is 4.79 Å². The van der Waals surface area contributed by atoms with Crippen molar-refractivity contribution in [1.29, 1.82) is 0 Å². The Kier molecular flexibility index (Phi) is 6.50. The van der Waals surface area contributed by atoms with Crippen LogP contribution in [0.5, 0.6) is 0 Å². The van der Waals surface area contributed by atoms with Crippen molar-refractivity contribution in [2.45, 2.75) is 57.4 Å². The van der Waals surface area contributed by atoms with Crippen molar-refractivity contribution >= 4 is 17.3 Å². The van der Waals surface area contributed by atoms with Crippen LogP contribution in [0.15, 0.2) is 5.11 Å². The molecule has 0 N–H and O–H groups in total. The Balaban J connectivity index is 0.000000191. The maximum absolute atomic E-state index is 10.9. The number of carbonyl (C=O) groups is 2. The van der Waals surface area contributed by atoms with E-state index in [1.807, 2.05) is 0 Å². The number of rotatable bonds is 1. The lowest BCUT2D eigenvalue weighted by Gasteiger charge is -2.14. The molecule has 2 saturated carbocycles. The Bertz CT molecular complexity index is 447. The highest BCUT2D eigenvalue weighted by Gasteiger charge is 2.23. The van der Waals surface area contributed by atoms with Crippen LogP contribution in [0.25, 0.3) is 16.0 Å². The van der Waals surface area contributed by atoms with Crippen LogP contribution < -0.4 is 0 Å². The summed E-state index contributed by atoms with van der Waals surface area (Å²) in [6.07, 6.45) is 6.41. The number of hydrogen-bond acceptors (Lipinski definition) is 3. The van der Waals surface area contributed by atoms with E-state index >= 15 is 0 Å². The largest absolute Gasteiger partial charge is 0.361 e. The zero-order valence-corrected chi connectivity index (χ0v) is 10.8. The van der Waals surface area contributed by atoms with Gasteiger partial charge in [-0.25, -0.2) is 0 Å². The van der Waals surface area contributed by atoms with Crippen molar-refractivity contribution in [1.82, 2.24) is 0 Å². The molecule has 2 fully saturated rings. The summed E-state index contributed by atoms with van der Waals surface area (Å²) in [7, 11) is 0.